The van der Waals surface area contributed by atoms with Gasteiger partial charge in [0, 0.05) is 4.88 Å². The molecule has 0 aliphatic rings. The first-order valence-corrected chi connectivity index (χ1v) is 9.57. The highest BCUT2D eigenvalue weighted by Crippen LogP contribution is 2.35. The Morgan fingerprint density at radius 3 is 2.67 bits per heavy atom. The lowest BCUT2D eigenvalue weighted by Gasteiger charge is -2.30. The number of hydrogen-bond donors (Lipinski definition) is 1. The monoisotopic (exact) mass is 385 g/mol. The molecule has 1 unspecified atom stereocenters. The van der Waals surface area contributed by atoms with E-state index in [0.29, 0.717) is 5.82 Å². The molecule has 27 heavy (non-hydrogen) atoms. The minimum Gasteiger partial charge on any atom is -0.485 e. The molecule has 0 saturated carbocycles. The van der Waals surface area contributed by atoms with Crippen LogP contribution in [0.1, 0.15) is 37.5 Å². The number of carbonyl (C=O) groups excluding carboxylic acids is 1. The van der Waals surface area contributed by atoms with Gasteiger partial charge < -0.3 is 10.1 Å². The molecule has 2 aromatic heterocycles. The van der Waals surface area contributed by atoms with Crippen molar-refractivity contribution in [2.75, 3.05) is 0 Å². The van der Waals surface area contributed by atoms with Crippen LogP contribution in [0, 0.1) is 5.41 Å². The maximum atomic E-state index is 12.5. The molecule has 2 heterocycles. The van der Waals surface area contributed by atoms with Crippen LogP contribution >= 0.6 is 11.3 Å². The zero-order valence-electron chi connectivity index (χ0n) is 15.6. The molecule has 142 valence electrons. The molecule has 1 amide bonds. The van der Waals surface area contributed by atoms with Gasteiger partial charge in [0.2, 0.25) is 11.7 Å². The number of carbonyl (C=O) groups is 1. The fourth-order valence-corrected chi connectivity index (χ4v) is 3.59. The highest BCUT2D eigenvalue weighted by molar-refractivity contribution is 7.10. The van der Waals surface area contributed by atoms with E-state index in [2.05, 4.69) is 41.5 Å². The molecule has 1 aromatic carbocycles. The van der Waals surface area contributed by atoms with Gasteiger partial charge in [0.25, 0.3) is 0 Å². The van der Waals surface area contributed by atoms with Crippen molar-refractivity contribution in [1.82, 2.24) is 25.5 Å². The fourth-order valence-electron chi connectivity index (χ4n) is 2.57. The van der Waals surface area contributed by atoms with Crippen LogP contribution in [0.25, 0.3) is 0 Å². The Hall–Kier alpha value is -2.74. The van der Waals surface area contributed by atoms with E-state index >= 15 is 0 Å². The van der Waals surface area contributed by atoms with Crippen LogP contribution in [0.15, 0.2) is 47.8 Å². The minimum atomic E-state index is -0.156. The molecule has 0 fully saturated rings. The van der Waals surface area contributed by atoms with Crippen molar-refractivity contribution in [2.24, 2.45) is 5.41 Å². The van der Waals surface area contributed by atoms with E-state index in [9.17, 15) is 4.79 Å². The summed E-state index contributed by atoms with van der Waals surface area (Å²) in [6.45, 7) is 6.51. The Morgan fingerprint density at radius 1 is 1.22 bits per heavy atom. The third-order valence-electron chi connectivity index (χ3n) is 3.89. The second-order valence-corrected chi connectivity index (χ2v) is 8.20. The maximum absolute atomic E-state index is 12.5. The lowest BCUT2D eigenvalue weighted by atomic mass is 9.86. The Kier molecular flexibility index (Phi) is 5.85. The summed E-state index contributed by atoms with van der Waals surface area (Å²) in [5.74, 6) is 1.00. The van der Waals surface area contributed by atoms with Crippen LogP contribution < -0.4 is 10.1 Å². The van der Waals surface area contributed by atoms with Gasteiger partial charge in [0.1, 0.15) is 12.3 Å². The molecule has 1 atom stereocenters. The van der Waals surface area contributed by atoms with E-state index < -0.39 is 0 Å². The van der Waals surface area contributed by atoms with Crippen molar-refractivity contribution >= 4 is 17.2 Å². The molecule has 3 aromatic rings. The zero-order chi connectivity index (χ0) is 19.3. The van der Waals surface area contributed by atoms with E-state index in [4.69, 9.17) is 4.74 Å². The van der Waals surface area contributed by atoms with Crippen LogP contribution in [0.5, 0.6) is 5.75 Å². The molecule has 0 aliphatic heterocycles. The normalized spacial score (nSPS) is 12.6. The molecule has 1 N–H and O–H groups in total. The Balaban J connectivity index is 1.57. The standard InChI is InChI=1S/C19H23N5O2S/c1-19(2,3)18(15-10-7-11-27-15)20-17(25)12-24-22-16(21-23-24)13-26-14-8-5-4-6-9-14/h4-11,18H,12-13H2,1-3H3,(H,20,25). The van der Waals surface area contributed by atoms with Gasteiger partial charge in [-0.15, -0.1) is 21.5 Å². The fraction of sp³-hybridized carbons (Fsp3) is 0.368. The summed E-state index contributed by atoms with van der Waals surface area (Å²) in [6.07, 6.45) is 0. The van der Waals surface area contributed by atoms with Gasteiger partial charge in [-0.3, -0.25) is 4.79 Å². The number of ether oxygens (including phenoxy) is 1. The molecule has 0 saturated heterocycles. The quantitative estimate of drug-likeness (QED) is 0.675. The highest BCUT2D eigenvalue weighted by Gasteiger charge is 2.28. The third-order valence-corrected chi connectivity index (χ3v) is 4.83. The van der Waals surface area contributed by atoms with E-state index in [0.717, 1.165) is 10.6 Å². The molecule has 0 bridgehead atoms. The molecule has 8 heteroatoms. The van der Waals surface area contributed by atoms with Crippen LogP contribution in [-0.2, 0) is 17.9 Å². The van der Waals surface area contributed by atoms with E-state index in [1.807, 2.05) is 47.8 Å². The first-order chi connectivity index (χ1) is 12.9. The Morgan fingerprint density at radius 2 is 2.00 bits per heavy atom. The van der Waals surface area contributed by atoms with Gasteiger partial charge >= 0.3 is 0 Å². The molecule has 0 radical (unpaired) electrons. The number of amides is 1. The number of aromatic nitrogens is 4. The van der Waals surface area contributed by atoms with Gasteiger partial charge in [-0.1, -0.05) is 45.0 Å². The summed E-state index contributed by atoms with van der Waals surface area (Å²) < 4.78 is 5.59. The molecule has 3 rings (SSSR count). The van der Waals surface area contributed by atoms with Gasteiger partial charge in [-0.25, -0.2) is 0 Å². The van der Waals surface area contributed by atoms with Crippen molar-refractivity contribution < 1.29 is 9.53 Å². The first-order valence-electron chi connectivity index (χ1n) is 8.69. The highest BCUT2D eigenvalue weighted by atomic mass is 32.1. The molecule has 0 spiro atoms. The van der Waals surface area contributed by atoms with E-state index in [1.165, 1.54) is 4.80 Å². The molecular formula is C19H23N5O2S. The smallest absolute Gasteiger partial charge is 0.244 e. The predicted octanol–water partition coefficient (Wildman–Crippen LogP) is 3.22. The van der Waals surface area contributed by atoms with Gasteiger partial charge in [0.15, 0.2) is 6.61 Å². The lowest BCUT2D eigenvalue weighted by Crippen LogP contribution is -2.38. The van der Waals surface area contributed by atoms with Crippen LogP contribution in [-0.4, -0.2) is 26.1 Å². The van der Waals surface area contributed by atoms with Crippen LogP contribution in [0.4, 0.5) is 0 Å². The van der Waals surface area contributed by atoms with Crippen molar-refractivity contribution in [3.05, 3.63) is 58.5 Å². The number of para-hydroxylation sites is 1. The van der Waals surface area contributed by atoms with Crippen molar-refractivity contribution in [1.29, 1.82) is 0 Å². The second-order valence-electron chi connectivity index (χ2n) is 7.22. The first kappa shape index (κ1) is 19.0. The number of nitrogens with one attached hydrogen (secondary N) is 1. The molecule has 7 nitrogen and oxygen atoms in total. The zero-order valence-corrected chi connectivity index (χ0v) is 16.4. The number of nitrogens with zero attached hydrogens (tertiary/aromatic N) is 4. The number of rotatable bonds is 7. The maximum Gasteiger partial charge on any atom is 0.244 e. The van der Waals surface area contributed by atoms with E-state index in [1.54, 1.807) is 11.3 Å². The van der Waals surface area contributed by atoms with Gasteiger partial charge in [-0.2, -0.15) is 4.80 Å². The largest absolute Gasteiger partial charge is 0.485 e. The predicted molar refractivity (Wildman–Crippen MR) is 103 cm³/mol. The van der Waals surface area contributed by atoms with Gasteiger partial charge in [0.05, 0.1) is 6.04 Å². The SMILES string of the molecule is CC(C)(C)C(NC(=O)Cn1nnc(COc2ccccc2)n1)c1cccs1. The Labute approximate surface area is 162 Å². The number of thiophene rings is 1. The average Bonchev–Trinajstić information content (AvgIpc) is 3.30. The summed E-state index contributed by atoms with van der Waals surface area (Å²) in [4.78, 5) is 14.9. The summed E-state index contributed by atoms with van der Waals surface area (Å²) >= 11 is 1.63. The van der Waals surface area contributed by atoms with Crippen LogP contribution in [0.3, 0.4) is 0 Å². The van der Waals surface area contributed by atoms with Crippen molar-refractivity contribution in [2.45, 2.75) is 40.0 Å². The average molecular weight is 385 g/mol. The number of hydrogen-bond acceptors (Lipinski definition) is 6. The summed E-state index contributed by atoms with van der Waals surface area (Å²) in [7, 11) is 0. The minimum absolute atomic E-state index is 0.0102. The van der Waals surface area contributed by atoms with Crippen molar-refractivity contribution in [3.8, 4) is 5.75 Å². The Bertz CT molecular complexity index is 856. The molecule has 0 aliphatic carbocycles. The third kappa shape index (κ3) is 5.37. The number of benzene rings is 1. The summed E-state index contributed by atoms with van der Waals surface area (Å²) in [6, 6.07) is 13.4. The number of tetrazole rings is 1. The molecular weight excluding hydrogens is 362 g/mol. The van der Waals surface area contributed by atoms with Gasteiger partial charge in [-0.05, 0) is 34.2 Å². The lowest BCUT2D eigenvalue weighted by molar-refractivity contribution is -0.123. The van der Waals surface area contributed by atoms with E-state index in [-0.39, 0.29) is 30.5 Å². The van der Waals surface area contributed by atoms with Crippen LogP contribution in [0.2, 0.25) is 0 Å². The second kappa shape index (κ2) is 8.30. The topological polar surface area (TPSA) is 81.9 Å². The summed E-state index contributed by atoms with van der Waals surface area (Å²) in [5, 5.41) is 17.2. The summed E-state index contributed by atoms with van der Waals surface area (Å²) in [5.41, 5.74) is -0.106. The van der Waals surface area contributed by atoms with Crippen molar-refractivity contribution in [3.63, 3.8) is 0 Å².